The van der Waals surface area contributed by atoms with Crippen LogP contribution in [0.3, 0.4) is 0 Å². The molecule has 0 radical (unpaired) electrons. The van der Waals surface area contributed by atoms with E-state index in [1.165, 1.54) is 11.3 Å². The predicted octanol–water partition coefficient (Wildman–Crippen LogP) is 0.792. The van der Waals surface area contributed by atoms with Crippen LogP contribution >= 0.6 is 0 Å². The van der Waals surface area contributed by atoms with Crippen molar-refractivity contribution in [3.63, 3.8) is 0 Å². The van der Waals surface area contributed by atoms with Gasteiger partial charge in [0.1, 0.15) is 6.04 Å². The molecule has 0 aromatic heterocycles. The van der Waals surface area contributed by atoms with Gasteiger partial charge in [0.25, 0.3) is 0 Å². The van der Waals surface area contributed by atoms with Crippen LogP contribution in [0.1, 0.15) is 32.1 Å². The Morgan fingerprint density at radius 3 is 2.56 bits per heavy atom. The van der Waals surface area contributed by atoms with Crippen LogP contribution in [0.25, 0.3) is 0 Å². The molecule has 2 aliphatic rings. The van der Waals surface area contributed by atoms with Crippen molar-refractivity contribution in [1.82, 2.24) is 9.80 Å². The number of carboxylic acid groups (broad SMARTS) is 1. The molecule has 1 aliphatic carbocycles. The Bertz CT molecular complexity index is 343. The molecule has 2 rings (SSSR count). The Labute approximate surface area is 108 Å². The number of hydrogen-bond donors (Lipinski definition) is 1. The van der Waals surface area contributed by atoms with E-state index in [0.29, 0.717) is 18.4 Å². The normalized spacial score (nSPS) is 32.0. The van der Waals surface area contributed by atoms with Crippen molar-refractivity contribution in [1.29, 1.82) is 0 Å². The van der Waals surface area contributed by atoms with E-state index in [2.05, 4.69) is 0 Å². The molecule has 102 valence electrons. The summed E-state index contributed by atoms with van der Waals surface area (Å²) in [6.07, 6.45) is 5.21. The molecule has 5 heteroatoms. The molecule has 1 aliphatic heterocycles. The lowest BCUT2D eigenvalue weighted by Crippen LogP contribution is -2.47. The van der Waals surface area contributed by atoms with Crippen LogP contribution in [0.15, 0.2) is 0 Å². The molecule has 2 fully saturated rings. The van der Waals surface area contributed by atoms with Crippen molar-refractivity contribution in [3.8, 4) is 0 Å². The summed E-state index contributed by atoms with van der Waals surface area (Å²) in [5.74, 6) is -0.321. The average molecular weight is 254 g/mol. The quantitative estimate of drug-likeness (QED) is 0.809. The van der Waals surface area contributed by atoms with Gasteiger partial charge in [-0.15, -0.1) is 0 Å². The van der Waals surface area contributed by atoms with Crippen LogP contribution in [0.5, 0.6) is 0 Å². The van der Waals surface area contributed by atoms with Gasteiger partial charge in [-0.2, -0.15) is 0 Å². The van der Waals surface area contributed by atoms with Crippen molar-refractivity contribution >= 4 is 11.9 Å². The topological polar surface area (TPSA) is 60.9 Å². The first-order chi connectivity index (χ1) is 8.50. The standard InChI is InChI=1S/C13H22N2O3/c1-14(2)12(16)8-15-10-6-4-3-5-9(10)7-11(15)13(17)18/h9-11H,3-8H2,1-2H3,(H,17,18). The molecule has 0 aromatic carbocycles. The van der Waals surface area contributed by atoms with Gasteiger partial charge >= 0.3 is 5.97 Å². The van der Waals surface area contributed by atoms with Crippen LogP contribution in [-0.4, -0.2) is 59.5 Å². The van der Waals surface area contributed by atoms with Crippen molar-refractivity contribution in [3.05, 3.63) is 0 Å². The van der Waals surface area contributed by atoms with Gasteiger partial charge in [0.15, 0.2) is 0 Å². The zero-order valence-corrected chi connectivity index (χ0v) is 11.1. The Kier molecular flexibility index (Phi) is 3.90. The fourth-order valence-corrected chi connectivity index (χ4v) is 3.32. The molecular weight excluding hydrogens is 232 g/mol. The van der Waals surface area contributed by atoms with Crippen molar-refractivity contribution in [2.75, 3.05) is 20.6 Å². The minimum Gasteiger partial charge on any atom is -0.480 e. The van der Waals surface area contributed by atoms with E-state index in [-0.39, 0.29) is 12.5 Å². The van der Waals surface area contributed by atoms with Gasteiger partial charge in [-0.05, 0) is 25.2 Å². The molecular formula is C13H22N2O3. The fraction of sp³-hybridized carbons (Fsp3) is 0.846. The zero-order valence-electron chi connectivity index (χ0n) is 11.1. The van der Waals surface area contributed by atoms with Crippen LogP contribution in [0.2, 0.25) is 0 Å². The second kappa shape index (κ2) is 5.26. The van der Waals surface area contributed by atoms with Crippen LogP contribution in [0.4, 0.5) is 0 Å². The maximum absolute atomic E-state index is 11.8. The number of carboxylic acids is 1. The fourth-order valence-electron chi connectivity index (χ4n) is 3.32. The number of fused-ring (bicyclic) bond motifs is 1. The molecule has 0 aromatic rings. The number of carbonyl (C=O) groups is 2. The number of likely N-dealkylation sites (N-methyl/N-ethyl adjacent to an activating group) is 1. The van der Waals surface area contributed by atoms with Gasteiger partial charge < -0.3 is 10.0 Å². The summed E-state index contributed by atoms with van der Waals surface area (Å²) in [4.78, 5) is 26.6. The molecule has 3 atom stereocenters. The van der Waals surface area contributed by atoms with Crippen molar-refractivity contribution < 1.29 is 14.7 Å². The molecule has 0 spiro atoms. The van der Waals surface area contributed by atoms with E-state index in [9.17, 15) is 14.7 Å². The Morgan fingerprint density at radius 2 is 1.94 bits per heavy atom. The van der Waals surface area contributed by atoms with Gasteiger partial charge in [-0.25, -0.2) is 0 Å². The second-order valence-electron chi connectivity index (χ2n) is 5.66. The lowest BCUT2D eigenvalue weighted by Gasteiger charge is -2.33. The van der Waals surface area contributed by atoms with E-state index in [1.54, 1.807) is 14.1 Å². The van der Waals surface area contributed by atoms with Crippen LogP contribution in [-0.2, 0) is 9.59 Å². The second-order valence-corrected chi connectivity index (χ2v) is 5.66. The molecule has 1 saturated heterocycles. The predicted molar refractivity (Wildman–Crippen MR) is 67.2 cm³/mol. The summed E-state index contributed by atoms with van der Waals surface area (Å²) in [6.45, 7) is 0.241. The number of hydrogen-bond acceptors (Lipinski definition) is 3. The highest BCUT2D eigenvalue weighted by molar-refractivity contribution is 5.80. The molecule has 1 saturated carbocycles. The van der Waals surface area contributed by atoms with E-state index in [0.717, 1.165) is 19.3 Å². The monoisotopic (exact) mass is 254 g/mol. The van der Waals surface area contributed by atoms with Gasteiger partial charge in [0.05, 0.1) is 6.54 Å². The molecule has 18 heavy (non-hydrogen) atoms. The summed E-state index contributed by atoms with van der Waals surface area (Å²) < 4.78 is 0. The number of aliphatic carboxylic acids is 1. The third kappa shape index (κ3) is 2.51. The highest BCUT2D eigenvalue weighted by Gasteiger charge is 2.45. The van der Waals surface area contributed by atoms with Crippen LogP contribution in [0, 0.1) is 5.92 Å². The van der Waals surface area contributed by atoms with Crippen molar-refractivity contribution in [2.24, 2.45) is 5.92 Å². The van der Waals surface area contributed by atoms with E-state index >= 15 is 0 Å². The first-order valence-corrected chi connectivity index (χ1v) is 6.69. The summed E-state index contributed by atoms with van der Waals surface area (Å²) >= 11 is 0. The number of rotatable bonds is 3. The minimum absolute atomic E-state index is 0.00697. The number of carbonyl (C=O) groups excluding carboxylic acids is 1. The summed E-state index contributed by atoms with van der Waals surface area (Å²) in [5, 5.41) is 9.32. The van der Waals surface area contributed by atoms with Crippen LogP contribution < -0.4 is 0 Å². The van der Waals surface area contributed by atoms with Crippen molar-refractivity contribution in [2.45, 2.75) is 44.2 Å². The Hall–Kier alpha value is -1.10. The number of amides is 1. The maximum atomic E-state index is 11.8. The molecule has 5 nitrogen and oxygen atoms in total. The molecule has 3 unspecified atom stereocenters. The summed E-state index contributed by atoms with van der Waals surface area (Å²) in [6, 6.07) is -0.175. The minimum atomic E-state index is -0.782. The zero-order chi connectivity index (χ0) is 13.3. The SMILES string of the molecule is CN(C)C(=O)CN1C(C(=O)O)CC2CCCCC21. The Morgan fingerprint density at radius 1 is 1.28 bits per heavy atom. The largest absolute Gasteiger partial charge is 0.480 e. The third-order valence-corrected chi connectivity index (χ3v) is 4.32. The molecule has 1 amide bonds. The number of likely N-dealkylation sites (tertiary alicyclic amines) is 1. The molecule has 1 heterocycles. The molecule has 0 bridgehead atoms. The van der Waals surface area contributed by atoms with E-state index < -0.39 is 12.0 Å². The summed E-state index contributed by atoms with van der Waals surface area (Å²) in [7, 11) is 3.43. The van der Waals surface area contributed by atoms with Gasteiger partial charge in [-0.1, -0.05) is 12.8 Å². The van der Waals surface area contributed by atoms with Gasteiger partial charge in [-0.3, -0.25) is 14.5 Å². The first kappa shape index (κ1) is 13.3. The lowest BCUT2D eigenvalue weighted by molar-refractivity contribution is -0.144. The smallest absolute Gasteiger partial charge is 0.320 e. The lowest BCUT2D eigenvalue weighted by atomic mass is 9.85. The third-order valence-electron chi connectivity index (χ3n) is 4.32. The van der Waals surface area contributed by atoms with Gasteiger partial charge in [0.2, 0.25) is 5.91 Å². The average Bonchev–Trinajstić information content (AvgIpc) is 2.68. The first-order valence-electron chi connectivity index (χ1n) is 6.69. The highest BCUT2D eigenvalue weighted by Crippen LogP contribution is 2.39. The van der Waals surface area contributed by atoms with E-state index in [4.69, 9.17) is 0 Å². The van der Waals surface area contributed by atoms with Gasteiger partial charge in [0, 0.05) is 20.1 Å². The Balaban J connectivity index is 2.11. The van der Waals surface area contributed by atoms with E-state index in [1.807, 2.05) is 4.90 Å². The summed E-state index contributed by atoms with van der Waals surface area (Å²) in [5.41, 5.74) is 0. The molecule has 1 N–H and O–H groups in total. The number of nitrogens with zero attached hydrogens (tertiary/aromatic N) is 2. The highest BCUT2D eigenvalue weighted by atomic mass is 16.4. The maximum Gasteiger partial charge on any atom is 0.320 e.